The van der Waals surface area contributed by atoms with E-state index in [1.807, 2.05) is 31.5 Å². The number of nitrogens with zero attached hydrogens (tertiary/aromatic N) is 2. The standard InChI is InChI=1S/C12H19N3/c1-3-4-5-8-15(2)12-9-11(10-13)6-7-14-12/h3,6-7,9H,1,4-5,8,10,13H2,2H3. The highest BCUT2D eigenvalue weighted by atomic mass is 15.2. The predicted molar refractivity (Wildman–Crippen MR) is 64.8 cm³/mol. The van der Waals surface area contributed by atoms with Crippen LogP contribution in [-0.4, -0.2) is 18.6 Å². The van der Waals surface area contributed by atoms with E-state index in [0.717, 1.165) is 30.8 Å². The van der Waals surface area contributed by atoms with Crippen LogP contribution in [0.2, 0.25) is 0 Å². The van der Waals surface area contributed by atoms with Crippen molar-refractivity contribution in [1.29, 1.82) is 0 Å². The molecule has 1 aromatic rings. The Labute approximate surface area is 91.6 Å². The number of unbranched alkanes of at least 4 members (excludes halogenated alkanes) is 1. The van der Waals surface area contributed by atoms with Crippen LogP contribution in [0.3, 0.4) is 0 Å². The van der Waals surface area contributed by atoms with E-state index in [4.69, 9.17) is 5.73 Å². The van der Waals surface area contributed by atoms with Crippen molar-refractivity contribution in [2.24, 2.45) is 5.73 Å². The van der Waals surface area contributed by atoms with E-state index in [-0.39, 0.29) is 0 Å². The number of hydrogen-bond donors (Lipinski definition) is 1. The molecular weight excluding hydrogens is 186 g/mol. The summed E-state index contributed by atoms with van der Waals surface area (Å²) >= 11 is 0. The lowest BCUT2D eigenvalue weighted by Crippen LogP contribution is -2.19. The molecule has 0 aliphatic rings. The van der Waals surface area contributed by atoms with E-state index in [1.165, 1.54) is 0 Å². The minimum absolute atomic E-state index is 0.565. The number of hydrogen-bond acceptors (Lipinski definition) is 3. The molecule has 3 nitrogen and oxygen atoms in total. The minimum Gasteiger partial charge on any atom is -0.360 e. The first-order valence-corrected chi connectivity index (χ1v) is 5.25. The van der Waals surface area contributed by atoms with Gasteiger partial charge < -0.3 is 10.6 Å². The fourth-order valence-corrected chi connectivity index (χ4v) is 1.38. The zero-order valence-corrected chi connectivity index (χ0v) is 9.32. The number of rotatable bonds is 6. The molecule has 1 aromatic heterocycles. The van der Waals surface area contributed by atoms with Crippen LogP contribution in [0.4, 0.5) is 5.82 Å². The average molecular weight is 205 g/mol. The molecule has 3 heteroatoms. The molecule has 15 heavy (non-hydrogen) atoms. The minimum atomic E-state index is 0.565. The zero-order valence-electron chi connectivity index (χ0n) is 9.32. The van der Waals surface area contributed by atoms with Crippen molar-refractivity contribution in [2.75, 3.05) is 18.5 Å². The first kappa shape index (κ1) is 11.7. The first-order chi connectivity index (χ1) is 7.27. The van der Waals surface area contributed by atoms with Gasteiger partial charge in [0.25, 0.3) is 0 Å². The van der Waals surface area contributed by atoms with E-state index in [9.17, 15) is 0 Å². The van der Waals surface area contributed by atoms with Crippen molar-refractivity contribution in [3.05, 3.63) is 36.5 Å². The summed E-state index contributed by atoms with van der Waals surface area (Å²) in [5.74, 6) is 0.988. The summed E-state index contributed by atoms with van der Waals surface area (Å²) in [4.78, 5) is 6.45. The van der Waals surface area contributed by atoms with Crippen LogP contribution in [0.25, 0.3) is 0 Å². The van der Waals surface area contributed by atoms with E-state index >= 15 is 0 Å². The number of aromatic nitrogens is 1. The third-order valence-corrected chi connectivity index (χ3v) is 2.34. The third kappa shape index (κ3) is 3.72. The number of allylic oxidation sites excluding steroid dienone is 1. The molecule has 0 unspecified atom stereocenters. The Morgan fingerprint density at radius 3 is 3.07 bits per heavy atom. The molecule has 0 aliphatic carbocycles. The lowest BCUT2D eigenvalue weighted by molar-refractivity contribution is 0.791. The van der Waals surface area contributed by atoms with E-state index < -0.39 is 0 Å². The number of nitrogens with two attached hydrogens (primary N) is 1. The van der Waals surface area contributed by atoms with Crippen molar-refractivity contribution in [1.82, 2.24) is 4.98 Å². The second-order valence-electron chi connectivity index (χ2n) is 3.58. The summed E-state index contributed by atoms with van der Waals surface area (Å²) in [7, 11) is 2.05. The lowest BCUT2D eigenvalue weighted by Gasteiger charge is -2.18. The summed E-state index contributed by atoms with van der Waals surface area (Å²) < 4.78 is 0. The second kappa shape index (κ2) is 6.19. The maximum absolute atomic E-state index is 5.58. The molecule has 0 saturated heterocycles. The van der Waals surface area contributed by atoms with Crippen molar-refractivity contribution in [2.45, 2.75) is 19.4 Å². The van der Waals surface area contributed by atoms with Gasteiger partial charge in [0.1, 0.15) is 5.82 Å². The highest BCUT2D eigenvalue weighted by molar-refractivity contribution is 5.39. The molecule has 0 aliphatic heterocycles. The average Bonchev–Trinajstić information content (AvgIpc) is 2.29. The van der Waals surface area contributed by atoms with E-state index in [2.05, 4.69) is 16.5 Å². The maximum atomic E-state index is 5.58. The van der Waals surface area contributed by atoms with Crippen molar-refractivity contribution >= 4 is 5.82 Å². The Balaban J connectivity index is 2.56. The molecule has 0 saturated carbocycles. The van der Waals surface area contributed by atoms with Crippen LogP contribution in [0.5, 0.6) is 0 Å². The Morgan fingerprint density at radius 1 is 1.60 bits per heavy atom. The van der Waals surface area contributed by atoms with Crippen molar-refractivity contribution < 1.29 is 0 Å². The highest BCUT2D eigenvalue weighted by Gasteiger charge is 2.01. The fraction of sp³-hybridized carbons (Fsp3) is 0.417. The molecule has 0 bridgehead atoms. The van der Waals surface area contributed by atoms with Crippen LogP contribution in [-0.2, 0) is 6.54 Å². The molecule has 0 atom stereocenters. The SMILES string of the molecule is C=CCCCN(C)c1cc(CN)ccn1. The topological polar surface area (TPSA) is 42.1 Å². The highest BCUT2D eigenvalue weighted by Crippen LogP contribution is 2.11. The summed E-state index contributed by atoms with van der Waals surface area (Å²) in [5.41, 5.74) is 6.70. The van der Waals surface area contributed by atoms with E-state index in [0.29, 0.717) is 6.54 Å². The van der Waals surface area contributed by atoms with Gasteiger partial charge in [-0.3, -0.25) is 0 Å². The third-order valence-electron chi connectivity index (χ3n) is 2.34. The summed E-state index contributed by atoms with van der Waals surface area (Å²) in [6, 6.07) is 3.98. The van der Waals surface area contributed by atoms with Crippen LogP contribution in [0.1, 0.15) is 18.4 Å². The van der Waals surface area contributed by atoms with Gasteiger partial charge in [0.2, 0.25) is 0 Å². The molecular formula is C12H19N3. The van der Waals surface area contributed by atoms with Gasteiger partial charge in [-0.1, -0.05) is 6.08 Å². The summed E-state index contributed by atoms with van der Waals surface area (Å²) in [5, 5.41) is 0. The van der Waals surface area contributed by atoms with E-state index in [1.54, 1.807) is 0 Å². The zero-order chi connectivity index (χ0) is 11.1. The molecule has 0 aromatic carbocycles. The first-order valence-electron chi connectivity index (χ1n) is 5.25. The lowest BCUT2D eigenvalue weighted by atomic mass is 10.2. The second-order valence-corrected chi connectivity index (χ2v) is 3.58. The largest absolute Gasteiger partial charge is 0.360 e. The van der Waals surface area contributed by atoms with Crippen LogP contribution in [0, 0.1) is 0 Å². The van der Waals surface area contributed by atoms with Crippen LogP contribution < -0.4 is 10.6 Å². The summed E-state index contributed by atoms with van der Waals surface area (Å²) in [6.07, 6.45) is 5.90. The van der Waals surface area contributed by atoms with Gasteiger partial charge >= 0.3 is 0 Å². The Hall–Kier alpha value is -1.35. The quantitative estimate of drug-likeness (QED) is 0.570. The molecule has 0 amide bonds. The van der Waals surface area contributed by atoms with Gasteiger partial charge in [0.05, 0.1) is 0 Å². The molecule has 2 N–H and O–H groups in total. The molecule has 0 radical (unpaired) electrons. The molecule has 1 heterocycles. The fourth-order valence-electron chi connectivity index (χ4n) is 1.38. The van der Waals surface area contributed by atoms with Gasteiger partial charge in [-0.15, -0.1) is 6.58 Å². The van der Waals surface area contributed by atoms with Crippen LogP contribution in [0.15, 0.2) is 31.0 Å². The predicted octanol–water partition coefficient (Wildman–Crippen LogP) is 1.94. The van der Waals surface area contributed by atoms with Crippen molar-refractivity contribution in [3.8, 4) is 0 Å². The van der Waals surface area contributed by atoms with Crippen molar-refractivity contribution in [3.63, 3.8) is 0 Å². The molecule has 0 spiro atoms. The van der Waals surface area contributed by atoms with Gasteiger partial charge in [0.15, 0.2) is 0 Å². The van der Waals surface area contributed by atoms with Gasteiger partial charge in [-0.25, -0.2) is 4.98 Å². The molecule has 1 rings (SSSR count). The molecule has 82 valence electrons. The Morgan fingerprint density at radius 2 is 2.40 bits per heavy atom. The monoisotopic (exact) mass is 205 g/mol. The Kier molecular flexibility index (Phi) is 4.84. The smallest absolute Gasteiger partial charge is 0.128 e. The van der Waals surface area contributed by atoms with Gasteiger partial charge in [0, 0.05) is 26.3 Å². The van der Waals surface area contributed by atoms with Crippen LogP contribution >= 0.6 is 0 Å². The van der Waals surface area contributed by atoms with Gasteiger partial charge in [-0.05, 0) is 30.5 Å². The van der Waals surface area contributed by atoms with Gasteiger partial charge in [-0.2, -0.15) is 0 Å². The maximum Gasteiger partial charge on any atom is 0.128 e. The normalized spacial score (nSPS) is 10.0. The Bertz CT molecular complexity index is 309. The number of anilines is 1. The summed E-state index contributed by atoms with van der Waals surface area (Å²) in [6.45, 7) is 5.27. The number of pyridine rings is 1. The molecule has 0 fully saturated rings.